The molecule has 1 aliphatic heterocycles. The van der Waals surface area contributed by atoms with E-state index in [2.05, 4.69) is 11.9 Å². The van der Waals surface area contributed by atoms with Crippen LogP contribution in [0, 0.1) is 13.8 Å². The van der Waals surface area contributed by atoms with Gasteiger partial charge in [-0.05, 0) is 50.7 Å². The van der Waals surface area contributed by atoms with Gasteiger partial charge in [-0.1, -0.05) is 42.1 Å². The molecule has 2 rings (SSSR count). The molecule has 0 saturated heterocycles. The van der Waals surface area contributed by atoms with Gasteiger partial charge in [-0.15, -0.1) is 0 Å². The van der Waals surface area contributed by atoms with Crippen LogP contribution < -0.4 is 5.32 Å². The third-order valence-electron chi connectivity index (χ3n) is 4.81. The van der Waals surface area contributed by atoms with Crippen LogP contribution in [0.5, 0.6) is 0 Å². The van der Waals surface area contributed by atoms with E-state index in [4.69, 9.17) is 0 Å². The first kappa shape index (κ1) is 22.3. The monoisotopic (exact) mass is 402 g/mol. The van der Waals surface area contributed by atoms with E-state index in [-0.39, 0.29) is 18.9 Å². The minimum atomic E-state index is -1.79. The highest BCUT2D eigenvalue weighted by molar-refractivity contribution is 8.12. The van der Waals surface area contributed by atoms with Gasteiger partial charge in [-0.3, -0.25) is 9.59 Å². The summed E-state index contributed by atoms with van der Waals surface area (Å²) in [6.07, 6.45) is 0.238. The summed E-state index contributed by atoms with van der Waals surface area (Å²) in [7, 11) is -1.79. The van der Waals surface area contributed by atoms with E-state index in [1.807, 2.05) is 32.0 Å². The number of nitrogens with one attached hydrogen (secondary N) is 1. The lowest BCUT2D eigenvalue weighted by Crippen LogP contribution is -2.62. The molecule has 0 fully saturated rings. The quantitative estimate of drug-likeness (QED) is 0.432. The van der Waals surface area contributed by atoms with Gasteiger partial charge in [0, 0.05) is 17.0 Å². The van der Waals surface area contributed by atoms with Crippen LogP contribution in [0.1, 0.15) is 30.5 Å². The van der Waals surface area contributed by atoms with Crippen LogP contribution in [0.2, 0.25) is 0 Å². The Bertz CT molecular complexity index is 824. The van der Waals surface area contributed by atoms with Crippen molar-refractivity contribution in [1.82, 2.24) is 10.2 Å². The fourth-order valence-electron chi connectivity index (χ4n) is 3.12. The van der Waals surface area contributed by atoms with E-state index in [1.54, 1.807) is 19.3 Å². The third kappa shape index (κ3) is 5.07. The topological polar surface area (TPSA) is 89.9 Å². The highest BCUT2D eigenvalue weighted by atomic mass is 32.2. The van der Waals surface area contributed by atoms with Gasteiger partial charge in [0.1, 0.15) is 5.44 Å². The number of likely N-dealkylation sites (N-methyl/N-ethyl adjacent to an activating group) is 1. The van der Waals surface area contributed by atoms with Crippen molar-refractivity contribution < 1.29 is 19.6 Å². The molecule has 0 saturated carbocycles. The lowest BCUT2D eigenvalue weighted by atomic mass is 9.61. The molecule has 150 valence electrons. The molecule has 3 N–H and O–H groups in total. The zero-order valence-corrected chi connectivity index (χ0v) is 17.6. The van der Waals surface area contributed by atoms with Crippen molar-refractivity contribution >= 4 is 30.7 Å². The molecule has 0 spiro atoms. The van der Waals surface area contributed by atoms with Crippen molar-refractivity contribution in [3.8, 4) is 0 Å². The standard InChI is InChI=1S/C20H27BN2O4S/c1-6-23(19(25)13(2)3)11-18(24)22-20(21(26)27,17-12-28-17)10-16-8-7-14(4)9-15(16)5/h7-9,12,26-27H,2,6,10-11H2,1,3-5H3,(H,22,24). The third-order valence-corrected chi connectivity index (χ3v) is 5.65. The Labute approximate surface area is 170 Å². The number of benzene rings is 1. The van der Waals surface area contributed by atoms with Crippen LogP contribution in [0.25, 0.3) is 0 Å². The van der Waals surface area contributed by atoms with Crippen LogP contribution in [0.3, 0.4) is 0 Å². The van der Waals surface area contributed by atoms with Gasteiger partial charge in [0.15, 0.2) is 0 Å². The van der Waals surface area contributed by atoms with Crippen LogP contribution in [-0.4, -0.2) is 52.4 Å². The Morgan fingerprint density at radius 1 is 1.32 bits per heavy atom. The van der Waals surface area contributed by atoms with Gasteiger partial charge < -0.3 is 20.3 Å². The molecule has 1 atom stereocenters. The highest BCUT2D eigenvalue weighted by Crippen LogP contribution is 2.45. The number of hydrogen-bond acceptors (Lipinski definition) is 5. The van der Waals surface area contributed by atoms with E-state index in [9.17, 15) is 19.6 Å². The second-order valence-electron chi connectivity index (χ2n) is 7.20. The predicted octanol–water partition coefficient (Wildman–Crippen LogP) is 1.73. The fraction of sp³-hybridized carbons (Fsp3) is 0.400. The number of carbonyl (C=O) groups is 2. The zero-order valence-electron chi connectivity index (χ0n) is 16.8. The predicted molar refractivity (Wildman–Crippen MR) is 113 cm³/mol. The zero-order chi connectivity index (χ0) is 21.1. The Hall–Kier alpha value is -2.03. The second kappa shape index (κ2) is 8.98. The maximum Gasteiger partial charge on any atom is 0.484 e. The Morgan fingerprint density at radius 3 is 2.43 bits per heavy atom. The number of aryl methyl sites for hydroxylation is 2. The van der Waals surface area contributed by atoms with Crippen molar-refractivity contribution in [3.63, 3.8) is 0 Å². The molecule has 2 amide bonds. The minimum Gasteiger partial charge on any atom is -0.425 e. The summed E-state index contributed by atoms with van der Waals surface area (Å²) in [5.74, 6) is -0.759. The maximum atomic E-state index is 12.7. The summed E-state index contributed by atoms with van der Waals surface area (Å²) in [6, 6.07) is 5.91. The molecule has 1 aromatic carbocycles. The van der Waals surface area contributed by atoms with Crippen LogP contribution >= 0.6 is 11.8 Å². The van der Waals surface area contributed by atoms with E-state index < -0.39 is 18.5 Å². The van der Waals surface area contributed by atoms with E-state index >= 15 is 0 Å². The van der Waals surface area contributed by atoms with Crippen LogP contribution in [-0.2, 0) is 16.0 Å². The molecule has 6 nitrogen and oxygen atoms in total. The van der Waals surface area contributed by atoms with Crippen molar-refractivity contribution in [2.45, 2.75) is 39.6 Å². The number of amides is 2. The van der Waals surface area contributed by atoms with E-state index in [0.717, 1.165) is 16.7 Å². The minimum absolute atomic E-state index is 0.179. The molecule has 0 aliphatic carbocycles. The van der Waals surface area contributed by atoms with Gasteiger partial charge in [0.05, 0.1) is 6.54 Å². The molecule has 8 heteroatoms. The summed E-state index contributed by atoms with van der Waals surface area (Å²) in [5.41, 5.74) is 2.04. The van der Waals surface area contributed by atoms with E-state index in [0.29, 0.717) is 17.0 Å². The first-order chi connectivity index (χ1) is 13.1. The molecule has 0 aromatic heterocycles. The summed E-state index contributed by atoms with van der Waals surface area (Å²) in [4.78, 5) is 27.0. The fourth-order valence-corrected chi connectivity index (χ4v) is 3.83. The van der Waals surface area contributed by atoms with Crippen LogP contribution in [0.15, 0.2) is 40.7 Å². The Balaban J connectivity index is 2.26. The molecule has 0 radical (unpaired) electrons. The number of hydrogen-bond donors (Lipinski definition) is 3. The maximum absolute atomic E-state index is 12.7. The second-order valence-corrected chi connectivity index (χ2v) is 8.11. The molecule has 0 bridgehead atoms. The number of nitrogens with zero attached hydrogens (tertiary/aromatic N) is 1. The highest BCUT2D eigenvalue weighted by Gasteiger charge is 2.50. The van der Waals surface area contributed by atoms with Gasteiger partial charge >= 0.3 is 7.12 Å². The first-order valence-electron chi connectivity index (χ1n) is 9.16. The molecular formula is C20H27BN2O4S. The first-order valence-corrected chi connectivity index (χ1v) is 10.0. The Morgan fingerprint density at radius 2 is 1.96 bits per heavy atom. The SMILES string of the molecule is C=C(C)C(=O)N(CC)CC(=O)NC(Cc1ccc(C)cc1C)(B(O)O)C1=CS1. The number of carbonyl (C=O) groups excluding carboxylic acids is 2. The van der Waals surface area contributed by atoms with Crippen molar-refractivity contribution in [2.75, 3.05) is 13.1 Å². The van der Waals surface area contributed by atoms with Gasteiger partial charge in [0.25, 0.3) is 0 Å². The molecule has 28 heavy (non-hydrogen) atoms. The smallest absolute Gasteiger partial charge is 0.425 e. The van der Waals surface area contributed by atoms with Gasteiger partial charge in [-0.2, -0.15) is 0 Å². The van der Waals surface area contributed by atoms with Gasteiger partial charge in [0.2, 0.25) is 11.8 Å². The van der Waals surface area contributed by atoms with Crippen molar-refractivity contribution in [2.24, 2.45) is 0 Å². The van der Waals surface area contributed by atoms with Crippen molar-refractivity contribution in [1.29, 1.82) is 0 Å². The summed E-state index contributed by atoms with van der Waals surface area (Å²) in [5, 5.41) is 25.0. The molecule has 1 aliphatic rings. The number of rotatable bonds is 9. The summed E-state index contributed by atoms with van der Waals surface area (Å²) in [6.45, 7) is 11.1. The van der Waals surface area contributed by atoms with E-state index in [1.165, 1.54) is 16.7 Å². The molecular weight excluding hydrogens is 375 g/mol. The van der Waals surface area contributed by atoms with Gasteiger partial charge in [-0.25, -0.2) is 0 Å². The average molecular weight is 402 g/mol. The summed E-state index contributed by atoms with van der Waals surface area (Å²) >= 11 is 1.37. The summed E-state index contributed by atoms with van der Waals surface area (Å²) < 4.78 is 0. The lowest BCUT2D eigenvalue weighted by Gasteiger charge is -2.33. The molecule has 1 heterocycles. The normalized spacial score (nSPS) is 14.6. The number of thioether (sulfide) groups is 1. The average Bonchev–Trinajstić information content (AvgIpc) is 3.45. The van der Waals surface area contributed by atoms with Crippen LogP contribution in [0.4, 0.5) is 0 Å². The largest absolute Gasteiger partial charge is 0.484 e. The molecule has 1 unspecified atom stereocenters. The lowest BCUT2D eigenvalue weighted by molar-refractivity contribution is -0.133. The van der Waals surface area contributed by atoms with Crippen molar-refractivity contribution in [3.05, 3.63) is 57.4 Å². The Kier molecular flexibility index (Phi) is 7.14. The molecule has 1 aromatic rings.